The average molecular weight is 189 g/mol. The third-order valence-corrected chi connectivity index (χ3v) is 2.30. The Kier molecular flexibility index (Phi) is 3.75. The Morgan fingerprint density at radius 3 is 2.57 bits per heavy atom. The molecule has 1 N–H and O–H groups in total. The van der Waals surface area contributed by atoms with Gasteiger partial charge in [0.15, 0.2) is 0 Å². The SMILES string of the molecule is CC.CCc1c[nH]c2cc(C)ccc12. The summed E-state index contributed by atoms with van der Waals surface area (Å²) in [4.78, 5) is 3.28. The van der Waals surface area contributed by atoms with Gasteiger partial charge in [0.2, 0.25) is 0 Å². The number of aromatic amines is 1. The van der Waals surface area contributed by atoms with Crippen LogP contribution in [0.2, 0.25) is 0 Å². The van der Waals surface area contributed by atoms with Crippen molar-refractivity contribution in [3.05, 3.63) is 35.5 Å². The van der Waals surface area contributed by atoms with Crippen LogP contribution in [0.4, 0.5) is 0 Å². The van der Waals surface area contributed by atoms with Crippen molar-refractivity contribution in [2.24, 2.45) is 0 Å². The zero-order valence-electron chi connectivity index (χ0n) is 9.52. The third kappa shape index (κ3) is 1.98. The molecule has 14 heavy (non-hydrogen) atoms. The van der Waals surface area contributed by atoms with E-state index in [0.29, 0.717) is 0 Å². The second kappa shape index (κ2) is 4.85. The molecule has 0 radical (unpaired) electrons. The van der Waals surface area contributed by atoms with Gasteiger partial charge in [-0.05, 0) is 30.5 Å². The molecular formula is C13H19N. The largest absolute Gasteiger partial charge is 0.361 e. The van der Waals surface area contributed by atoms with Gasteiger partial charge in [-0.2, -0.15) is 0 Å². The van der Waals surface area contributed by atoms with Crippen LogP contribution >= 0.6 is 0 Å². The van der Waals surface area contributed by atoms with Crippen LogP contribution in [0, 0.1) is 6.92 Å². The van der Waals surface area contributed by atoms with Gasteiger partial charge in [0.1, 0.15) is 0 Å². The smallest absolute Gasteiger partial charge is 0.0459 e. The van der Waals surface area contributed by atoms with E-state index in [1.54, 1.807) is 0 Å². The summed E-state index contributed by atoms with van der Waals surface area (Å²) in [5.74, 6) is 0. The molecule has 2 rings (SSSR count). The van der Waals surface area contributed by atoms with Crippen molar-refractivity contribution in [3.8, 4) is 0 Å². The molecule has 0 fully saturated rings. The topological polar surface area (TPSA) is 15.8 Å². The maximum absolute atomic E-state index is 3.28. The van der Waals surface area contributed by atoms with Crippen molar-refractivity contribution in [3.63, 3.8) is 0 Å². The lowest BCUT2D eigenvalue weighted by atomic mass is 10.1. The van der Waals surface area contributed by atoms with E-state index in [2.05, 4.69) is 43.2 Å². The molecule has 0 unspecified atom stereocenters. The van der Waals surface area contributed by atoms with Crippen molar-refractivity contribution < 1.29 is 0 Å². The summed E-state index contributed by atoms with van der Waals surface area (Å²) < 4.78 is 0. The van der Waals surface area contributed by atoms with Gasteiger partial charge in [-0.15, -0.1) is 0 Å². The monoisotopic (exact) mass is 189 g/mol. The van der Waals surface area contributed by atoms with Gasteiger partial charge in [-0.3, -0.25) is 0 Å². The number of nitrogens with one attached hydrogen (secondary N) is 1. The van der Waals surface area contributed by atoms with Gasteiger partial charge in [0, 0.05) is 17.1 Å². The number of H-pyrrole nitrogens is 1. The summed E-state index contributed by atoms with van der Waals surface area (Å²) in [6, 6.07) is 6.55. The maximum atomic E-state index is 3.28. The van der Waals surface area contributed by atoms with Crippen LogP contribution in [0.5, 0.6) is 0 Å². The van der Waals surface area contributed by atoms with E-state index >= 15 is 0 Å². The predicted molar refractivity (Wildman–Crippen MR) is 63.8 cm³/mol. The van der Waals surface area contributed by atoms with Gasteiger partial charge in [0.25, 0.3) is 0 Å². The Bertz CT molecular complexity index is 399. The molecular weight excluding hydrogens is 170 g/mol. The van der Waals surface area contributed by atoms with Crippen LogP contribution in [-0.2, 0) is 6.42 Å². The highest BCUT2D eigenvalue weighted by molar-refractivity contribution is 5.83. The van der Waals surface area contributed by atoms with Crippen LogP contribution in [0.15, 0.2) is 24.4 Å². The minimum Gasteiger partial charge on any atom is -0.361 e. The number of hydrogen-bond donors (Lipinski definition) is 1. The molecule has 1 heterocycles. The highest BCUT2D eigenvalue weighted by Crippen LogP contribution is 2.19. The summed E-state index contributed by atoms with van der Waals surface area (Å²) in [5.41, 5.74) is 3.98. The zero-order valence-corrected chi connectivity index (χ0v) is 9.52. The highest BCUT2D eigenvalue weighted by Gasteiger charge is 1.99. The van der Waals surface area contributed by atoms with Gasteiger partial charge in [-0.25, -0.2) is 0 Å². The first kappa shape index (κ1) is 10.8. The standard InChI is InChI=1S/C11H13N.C2H6/c1-3-9-7-12-11-6-8(2)4-5-10(9)11;1-2/h4-7,12H,3H2,1-2H3;1-2H3. The Hall–Kier alpha value is -1.24. The molecule has 1 heteroatoms. The van der Waals surface area contributed by atoms with E-state index in [1.807, 2.05) is 13.8 Å². The van der Waals surface area contributed by atoms with E-state index in [9.17, 15) is 0 Å². The van der Waals surface area contributed by atoms with Crippen molar-refractivity contribution in [2.75, 3.05) is 0 Å². The molecule has 0 aliphatic heterocycles. The van der Waals surface area contributed by atoms with Crippen molar-refractivity contribution in [1.82, 2.24) is 4.98 Å². The summed E-state index contributed by atoms with van der Waals surface area (Å²) in [5, 5.41) is 1.36. The molecule has 76 valence electrons. The lowest BCUT2D eigenvalue weighted by Gasteiger charge is -1.94. The van der Waals surface area contributed by atoms with Crippen LogP contribution in [-0.4, -0.2) is 4.98 Å². The van der Waals surface area contributed by atoms with Gasteiger partial charge in [0.05, 0.1) is 0 Å². The molecule has 0 amide bonds. The molecule has 2 aromatic rings. The number of aromatic nitrogens is 1. The maximum Gasteiger partial charge on any atom is 0.0459 e. The zero-order chi connectivity index (χ0) is 10.6. The first-order valence-corrected chi connectivity index (χ1v) is 5.38. The van der Waals surface area contributed by atoms with Crippen molar-refractivity contribution >= 4 is 10.9 Å². The highest BCUT2D eigenvalue weighted by atomic mass is 14.7. The van der Waals surface area contributed by atoms with Crippen LogP contribution in [0.3, 0.4) is 0 Å². The van der Waals surface area contributed by atoms with Crippen LogP contribution in [0.25, 0.3) is 10.9 Å². The second-order valence-corrected chi connectivity index (χ2v) is 3.22. The number of fused-ring (bicyclic) bond motifs is 1. The first-order valence-electron chi connectivity index (χ1n) is 5.38. The van der Waals surface area contributed by atoms with Crippen LogP contribution < -0.4 is 0 Å². The van der Waals surface area contributed by atoms with Crippen molar-refractivity contribution in [2.45, 2.75) is 34.1 Å². The molecule has 0 saturated carbocycles. The normalized spacial score (nSPS) is 9.71. The Morgan fingerprint density at radius 1 is 1.21 bits per heavy atom. The first-order chi connectivity index (χ1) is 6.81. The Balaban J connectivity index is 0.000000461. The molecule has 0 aliphatic rings. The third-order valence-electron chi connectivity index (χ3n) is 2.30. The van der Waals surface area contributed by atoms with E-state index in [4.69, 9.17) is 0 Å². The fourth-order valence-electron chi connectivity index (χ4n) is 1.59. The summed E-state index contributed by atoms with van der Waals surface area (Å²) >= 11 is 0. The quantitative estimate of drug-likeness (QED) is 0.696. The fourth-order valence-corrected chi connectivity index (χ4v) is 1.59. The number of benzene rings is 1. The van der Waals surface area contributed by atoms with Gasteiger partial charge in [-0.1, -0.05) is 32.9 Å². The van der Waals surface area contributed by atoms with E-state index < -0.39 is 0 Å². The van der Waals surface area contributed by atoms with Crippen molar-refractivity contribution in [1.29, 1.82) is 0 Å². The minimum atomic E-state index is 1.10. The molecule has 0 bridgehead atoms. The predicted octanol–water partition coefficient (Wildman–Crippen LogP) is 4.06. The Labute approximate surface area is 86.2 Å². The van der Waals surface area contributed by atoms with E-state index in [-0.39, 0.29) is 0 Å². The van der Waals surface area contributed by atoms with Gasteiger partial charge >= 0.3 is 0 Å². The fraction of sp³-hybridized carbons (Fsp3) is 0.385. The van der Waals surface area contributed by atoms with Crippen LogP contribution in [0.1, 0.15) is 31.9 Å². The average Bonchev–Trinajstić information content (AvgIpc) is 2.62. The summed E-state index contributed by atoms with van der Waals surface area (Å²) in [6.07, 6.45) is 3.20. The molecule has 1 aromatic heterocycles. The number of aryl methyl sites for hydroxylation is 2. The Morgan fingerprint density at radius 2 is 1.93 bits per heavy atom. The summed E-state index contributed by atoms with van der Waals surface area (Å²) in [7, 11) is 0. The summed E-state index contributed by atoms with van der Waals surface area (Å²) in [6.45, 7) is 8.30. The minimum absolute atomic E-state index is 1.10. The number of rotatable bonds is 1. The van der Waals surface area contributed by atoms with E-state index in [0.717, 1.165) is 6.42 Å². The number of hydrogen-bond acceptors (Lipinski definition) is 0. The van der Waals surface area contributed by atoms with Gasteiger partial charge < -0.3 is 4.98 Å². The van der Waals surface area contributed by atoms with E-state index in [1.165, 1.54) is 22.0 Å². The molecule has 0 atom stereocenters. The second-order valence-electron chi connectivity index (χ2n) is 3.22. The molecule has 0 aliphatic carbocycles. The lowest BCUT2D eigenvalue weighted by molar-refractivity contribution is 1.15. The molecule has 0 spiro atoms. The molecule has 1 nitrogen and oxygen atoms in total. The molecule has 0 saturated heterocycles. The molecule has 1 aromatic carbocycles. The lowest BCUT2D eigenvalue weighted by Crippen LogP contribution is -1.75.